The van der Waals surface area contributed by atoms with Gasteiger partial charge in [-0.1, -0.05) is 31.9 Å². The number of carboxylic acid groups (broad SMARTS) is 1. The van der Waals surface area contributed by atoms with Gasteiger partial charge in [0.05, 0.1) is 25.6 Å². The number of rotatable bonds is 6. The molecule has 1 N–H and O–H groups in total. The Labute approximate surface area is 158 Å². The van der Waals surface area contributed by atoms with E-state index in [0.29, 0.717) is 25.4 Å². The van der Waals surface area contributed by atoms with Gasteiger partial charge < -0.3 is 14.6 Å². The molecule has 1 aromatic rings. The van der Waals surface area contributed by atoms with Gasteiger partial charge in [-0.2, -0.15) is 13.2 Å². The van der Waals surface area contributed by atoms with Gasteiger partial charge in [-0.25, -0.2) is 0 Å². The summed E-state index contributed by atoms with van der Waals surface area (Å²) in [5, 5.41) is 8.77. The largest absolute Gasteiger partial charge is 0.497 e. The molecule has 1 aromatic carbocycles. The quantitative estimate of drug-likeness (QED) is 0.685. The first-order valence-corrected chi connectivity index (χ1v) is 9.21. The minimum atomic E-state index is -3.94. The van der Waals surface area contributed by atoms with Gasteiger partial charge in [0, 0.05) is 6.61 Å². The van der Waals surface area contributed by atoms with Crippen molar-refractivity contribution in [1.82, 2.24) is 0 Å². The fourth-order valence-corrected chi connectivity index (χ4v) is 3.04. The van der Waals surface area contributed by atoms with Crippen LogP contribution in [0.4, 0.5) is 13.2 Å². The van der Waals surface area contributed by atoms with Crippen molar-refractivity contribution in [2.45, 2.75) is 58.2 Å². The third-order valence-corrected chi connectivity index (χ3v) is 4.69. The van der Waals surface area contributed by atoms with E-state index in [1.54, 1.807) is 19.2 Å². The van der Waals surface area contributed by atoms with Crippen molar-refractivity contribution in [3.63, 3.8) is 0 Å². The lowest BCUT2D eigenvalue weighted by molar-refractivity contribution is -0.183. The van der Waals surface area contributed by atoms with Gasteiger partial charge in [0.1, 0.15) is 5.75 Å². The lowest BCUT2D eigenvalue weighted by Gasteiger charge is -2.27. The summed E-state index contributed by atoms with van der Waals surface area (Å²) >= 11 is 0. The van der Waals surface area contributed by atoms with Crippen molar-refractivity contribution in [3.05, 3.63) is 29.8 Å². The molecule has 1 unspecified atom stereocenters. The van der Waals surface area contributed by atoms with Crippen LogP contribution < -0.4 is 4.74 Å². The molecule has 0 saturated heterocycles. The summed E-state index contributed by atoms with van der Waals surface area (Å²) in [6.45, 7) is 4.36. The molecule has 1 aliphatic rings. The number of ether oxygens (including phenoxy) is 2. The van der Waals surface area contributed by atoms with E-state index in [1.165, 1.54) is 0 Å². The molecule has 1 atom stereocenters. The average molecular weight is 390 g/mol. The van der Waals surface area contributed by atoms with Gasteiger partial charge in [0.25, 0.3) is 0 Å². The Morgan fingerprint density at radius 3 is 2.15 bits per heavy atom. The van der Waals surface area contributed by atoms with Crippen molar-refractivity contribution in [2.24, 2.45) is 11.8 Å². The predicted molar refractivity (Wildman–Crippen MR) is 96.8 cm³/mol. The van der Waals surface area contributed by atoms with Crippen LogP contribution in [0.2, 0.25) is 0 Å². The molecule has 0 aliphatic heterocycles. The Morgan fingerprint density at radius 2 is 1.74 bits per heavy atom. The monoisotopic (exact) mass is 390 g/mol. The van der Waals surface area contributed by atoms with Crippen LogP contribution in [-0.2, 0) is 9.53 Å². The lowest BCUT2D eigenvalue weighted by atomic mass is 9.83. The molecule has 0 amide bonds. The van der Waals surface area contributed by atoms with Crippen molar-refractivity contribution in [3.8, 4) is 5.75 Å². The van der Waals surface area contributed by atoms with Crippen molar-refractivity contribution in [1.29, 1.82) is 0 Å². The van der Waals surface area contributed by atoms with E-state index in [4.69, 9.17) is 14.6 Å². The zero-order valence-electron chi connectivity index (χ0n) is 16.1. The summed E-state index contributed by atoms with van der Waals surface area (Å²) in [6.07, 6.45) is -2.21. The molecule has 0 heterocycles. The number of benzene rings is 1. The first kappa shape index (κ1) is 23.3. The zero-order valence-corrected chi connectivity index (χ0v) is 16.1. The fourth-order valence-electron chi connectivity index (χ4n) is 3.04. The molecule has 1 fully saturated rings. The number of aliphatic carboxylic acids is 1. The summed E-state index contributed by atoms with van der Waals surface area (Å²) < 4.78 is 46.6. The third-order valence-electron chi connectivity index (χ3n) is 4.69. The topological polar surface area (TPSA) is 55.8 Å². The molecule has 0 aromatic heterocycles. The van der Waals surface area contributed by atoms with Crippen LogP contribution >= 0.6 is 0 Å². The van der Waals surface area contributed by atoms with Gasteiger partial charge >= 0.3 is 12.1 Å². The smallest absolute Gasteiger partial charge is 0.391 e. The molecule has 0 spiro atoms. The highest BCUT2D eigenvalue weighted by atomic mass is 19.4. The number of alkyl halides is 3. The highest BCUT2D eigenvalue weighted by molar-refractivity contribution is 5.67. The van der Waals surface area contributed by atoms with E-state index in [0.717, 1.165) is 24.2 Å². The molecular formula is C20H29F3O4. The first-order chi connectivity index (χ1) is 12.7. The maximum absolute atomic E-state index is 12.1. The number of halogens is 3. The predicted octanol–water partition coefficient (Wildman–Crippen LogP) is 5.62. The molecule has 1 aliphatic carbocycles. The first-order valence-electron chi connectivity index (χ1n) is 9.21. The molecule has 1 saturated carbocycles. The van der Waals surface area contributed by atoms with Gasteiger partial charge in [-0.15, -0.1) is 0 Å². The maximum atomic E-state index is 12.1. The second-order valence-electron chi connectivity index (χ2n) is 6.81. The Morgan fingerprint density at radius 1 is 1.19 bits per heavy atom. The molecule has 154 valence electrons. The molecule has 2 rings (SSSR count). The minimum absolute atomic E-state index is 0.0276. The van der Waals surface area contributed by atoms with Crippen LogP contribution in [0.25, 0.3) is 0 Å². The van der Waals surface area contributed by atoms with Crippen molar-refractivity contribution >= 4 is 5.97 Å². The maximum Gasteiger partial charge on any atom is 0.391 e. The minimum Gasteiger partial charge on any atom is -0.497 e. The Kier molecular flexibility index (Phi) is 9.63. The Bertz CT molecular complexity index is 549. The summed E-state index contributed by atoms with van der Waals surface area (Å²) in [5.41, 5.74) is 0.852. The molecular weight excluding hydrogens is 361 g/mol. The van der Waals surface area contributed by atoms with Crippen LogP contribution in [0.1, 0.15) is 57.6 Å². The number of carbonyl (C=O) groups is 1. The van der Waals surface area contributed by atoms with Crippen LogP contribution in [0.3, 0.4) is 0 Å². The average Bonchev–Trinajstić information content (AvgIpc) is 2.61. The summed E-state index contributed by atoms with van der Waals surface area (Å²) in [6, 6.07) is 7.23. The zero-order chi connectivity index (χ0) is 20.4. The van der Waals surface area contributed by atoms with E-state index in [2.05, 4.69) is 0 Å². The summed E-state index contributed by atoms with van der Waals surface area (Å²) in [7, 11) is 1.59. The molecule has 7 heteroatoms. The number of carboxylic acids is 1. The molecule has 27 heavy (non-hydrogen) atoms. The van der Waals surface area contributed by atoms with Gasteiger partial charge in [-0.05, 0) is 43.4 Å². The van der Waals surface area contributed by atoms with E-state index in [1.807, 2.05) is 26.0 Å². The third kappa shape index (κ3) is 8.65. The van der Waals surface area contributed by atoms with Gasteiger partial charge in [-0.3, -0.25) is 4.79 Å². The number of hydrogen-bond donors (Lipinski definition) is 1. The van der Waals surface area contributed by atoms with Crippen molar-refractivity contribution < 1.29 is 32.5 Å². The molecule has 4 nitrogen and oxygen atoms in total. The summed E-state index contributed by atoms with van der Waals surface area (Å²) in [4.78, 5) is 10.7. The Hall–Kier alpha value is -1.76. The second-order valence-corrected chi connectivity index (χ2v) is 6.81. The molecule has 0 bridgehead atoms. The second kappa shape index (κ2) is 11.2. The lowest BCUT2D eigenvalue weighted by Crippen LogP contribution is -2.26. The van der Waals surface area contributed by atoms with Crippen LogP contribution in [-0.4, -0.2) is 31.0 Å². The van der Waals surface area contributed by atoms with E-state index >= 15 is 0 Å². The van der Waals surface area contributed by atoms with Gasteiger partial charge in [0.2, 0.25) is 0 Å². The van der Waals surface area contributed by atoms with Crippen LogP contribution in [0.5, 0.6) is 5.75 Å². The van der Waals surface area contributed by atoms with Crippen LogP contribution in [0.15, 0.2) is 24.3 Å². The van der Waals surface area contributed by atoms with Crippen molar-refractivity contribution in [2.75, 3.05) is 13.7 Å². The standard InChI is InChI=1S/C12H16O4.C8H13F3/c1-3-16-11(8-12(13)14)9-4-6-10(15-2)7-5-9;1-6-2-4-7(5-3-6)8(9,10)11/h4-7,11H,3,8H2,1-2H3,(H,13,14);6-7H,2-5H2,1H3. The Balaban J connectivity index is 0.000000289. The van der Waals surface area contributed by atoms with Gasteiger partial charge in [0.15, 0.2) is 0 Å². The molecule has 0 radical (unpaired) electrons. The number of methoxy groups -OCH3 is 1. The SMILES string of the molecule is CC1CCC(C(F)(F)F)CC1.CCOC(CC(=O)O)c1ccc(OC)cc1. The van der Waals surface area contributed by atoms with Crippen LogP contribution in [0, 0.1) is 11.8 Å². The van der Waals surface area contributed by atoms with E-state index in [9.17, 15) is 18.0 Å². The highest BCUT2D eigenvalue weighted by Gasteiger charge is 2.40. The normalized spacial score (nSPS) is 21.0. The highest BCUT2D eigenvalue weighted by Crippen LogP contribution is 2.39. The fraction of sp³-hybridized carbons (Fsp3) is 0.650. The van der Waals surface area contributed by atoms with E-state index in [-0.39, 0.29) is 6.42 Å². The number of hydrogen-bond acceptors (Lipinski definition) is 3. The summed E-state index contributed by atoms with van der Waals surface area (Å²) in [5.74, 6) is -0.643. The van der Waals surface area contributed by atoms with E-state index < -0.39 is 24.2 Å².